The van der Waals surface area contributed by atoms with Crippen molar-refractivity contribution in [2.45, 2.75) is 46.5 Å². The lowest BCUT2D eigenvalue weighted by atomic mass is 9.88. The number of carbonyl (C=O) groups excluding carboxylic acids is 2. The summed E-state index contributed by atoms with van der Waals surface area (Å²) in [6.07, 6.45) is 3.23. The number of ether oxygens (including phenoxy) is 1. The molecule has 0 aliphatic carbocycles. The topological polar surface area (TPSA) is 80.3 Å². The molecule has 33 heavy (non-hydrogen) atoms. The first-order chi connectivity index (χ1) is 15.7. The number of nitrogens with zero attached hydrogens (tertiary/aromatic N) is 1. The van der Waals surface area contributed by atoms with Crippen molar-refractivity contribution in [1.29, 1.82) is 0 Å². The van der Waals surface area contributed by atoms with Gasteiger partial charge in [0.1, 0.15) is 0 Å². The average Bonchev–Trinajstić information content (AvgIpc) is 3.27. The lowest BCUT2D eigenvalue weighted by Gasteiger charge is -2.20. The molecule has 0 bridgehead atoms. The summed E-state index contributed by atoms with van der Waals surface area (Å²) in [5.74, 6) is 0.242. The van der Waals surface area contributed by atoms with Crippen LogP contribution >= 0.6 is 11.3 Å². The third-order valence-electron chi connectivity index (χ3n) is 5.52. The van der Waals surface area contributed by atoms with Crippen molar-refractivity contribution in [3.05, 3.63) is 65.3 Å². The van der Waals surface area contributed by atoms with Gasteiger partial charge >= 0.3 is 12.0 Å². The van der Waals surface area contributed by atoms with Gasteiger partial charge in [-0.2, -0.15) is 0 Å². The number of thiazole rings is 1. The van der Waals surface area contributed by atoms with Gasteiger partial charge < -0.3 is 15.4 Å². The Labute approximate surface area is 199 Å². The minimum atomic E-state index is -0.537. The number of carbonyl (C=O) groups is 2. The fourth-order valence-corrected chi connectivity index (χ4v) is 4.24. The number of methoxy groups -OCH3 is 1. The summed E-state index contributed by atoms with van der Waals surface area (Å²) in [7, 11) is 1.41. The standard InChI is InChI=1S/C26H31N3O3S/c1-17(2)18-6-10-20(11-7-18)28-25(31)29-21-12-8-19(9-13-21)22-16-27-23(33-22)14-15-26(3,4)24(30)32-5/h6-13,16-17H,14-15H2,1-5H3,(H2,28,29,31). The zero-order valence-corrected chi connectivity index (χ0v) is 20.6. The van der Waals surface area contributed by atoms with Gasteiger partial charge in [0.15, 0.2) is 0 Å². The van der Waals surface area contributed by atoms with Crippen molar-refractivity contribution in [2.75, 3.05) is 17.7 Å². The van der Waals surface area contributed by atoms with Gasteiger partial charge in [-0.25, -0.2) is 9.78 Å². The lowest BCUT2D eigenvalue weighted by Crippen LogP contribution is -2.26. The highest BCUT2D eigenvalue weighted by Crippen LogP contribution is 2.30. The number of nitrogens with one attached hydrogen (secondary N) is 2. The molecular weight excluding hydrogens is 434 g/mol. The average molecular weight is 466 g/mol. The summed E-state index contributed by atoms with van der Waals surface area (Å²) < 4.78 is 4.87. The Hall–Kier alpha value is -3.19. The first-order valence-electron chi connectivity index (χ1n) is 11.0. The van der Waals surface area contributed by atoms with Crippen LogP contribution < -0.4 is 10.6 Å². The number of benzene rings is 2. The van der Waals surface area contributed by atoms with Crippen molar-refractivity contribution in [3.63, 3.8) is 0 Å². The summed E-state index contributed by atoms with van der Waals surface area (Å²) in [5, 5.41) is 6.69. The Morgan fingerprint density at radius 1 is 1.00 bits per heavy atom. The Balaban J connectivity index is 1.56. The number of anilines is 2. The van der Waals surface area contributed by atoms with Gasteiger partial charge in [0, 0.05) is 24.0 Å². The van der Waals surface area contributed by atoms with Crippen LogP contribution in [0.3, 0.4) is 0 Å². The molecule has 0 atom stereocenters. The molecule has 0 radical (unpaired) electrons. The fraction of sp³-hybridized carbons (Fsp3) is 0.346. The first-order valence-corrected chi connectivity index (χ1v) is 11.8. The zero-order chi connectivity index (χ0) is 24.0. The number of esters is 1. The Kier molecular flexibility index (Phi) is 7.87. The van der Waals surface area contributed by atoms with Crippen molar-refractivity contribution in [3.8, 4) is 10.4 Å². The van der Waals surface area contributed by atoms with Crippen molar-refractivity contribution < 1.29 is 14.3 Å². The highest BCUT2D eigenvalue weighted by molar-refractivity contribution is 7.15. The monoisotopic (exact) mass is 465 g/mol. The summed E-state index contributed by atoms with van der Waals surface area (Å²) in [4.78, 5) is 29.7. The molecule has 1 heterocycles. The van der Waals surface area contributed by atoms with Gasteiger partial charge in [-0.15, -0.1) is 11.3 Å². The number of aryl methyl sites for hydroxylation is 1. The molecule has 7 heteroatoms. The molecule has 2 N–H and O–H groups in total. The maximum Gasteiger partial charge on any atom is 0.323 e. The Bertz CT molecular complexity index is 1090. The van der Waals surface area contributed by atoms with E-state index in [1.807, 2.05) is 68.6 Å². The molecule has 0 saturated heterocycles. The van der Waals surface area contributed by atoms with Crippen LogP contribution in [0.4, 0.5) is 16.2 Å². The lowest BCUT2D eigenvalue weighted by molar-refractivity contribution is -0.151. The number of urea groups is 1. The number of hydrogen-bond donors (Lipinski definition) is 2. The van der Waals surface area contributed by atoms with Crippen LogP contribution in [0.2, 0.25) is 0 Å². The predicted molar refractivity (Wildman–Crippen MR) is 135 cm³/mol. The normalized spacial score (nSPS) is 11.3. The third kappa shape index (κ3) is 6.65. The number of amides is 2. The van der Waals surface area contributed by atoms with Crippen LogP contribution in [0.25, 0.3) is 10.4 Å². The van der Waals surface area contributed by atoms with E-state index in [-0.39, 0.29) is 12.0 Å². The third-order valence-corrected chi connectivity index (χ3v) is 6.62. The van der Waals surface area contributed by atoms with Crippen LogP contribution in [0.5, 0.6) is 0 Å². The molecule has 0 fully saturated rings. The van der Waals surface area contributed by atoms with E-state index in [0.29, 0.717) is 24.4 Å². The molecule has 3 aromatic rings. The van der Waals surface area contributed by atoms with Crippen LogP contribution in [-0.2, 0) is 16.0 Å². The first kappa shape index (κ1) is 24.5. The molecule has 6 nitrogen and oxygen atoms in total. The maximum atomic E-state index is 12.3. The molecule has 0 aliphatic heterocycles. The second-order valence-corrected chi connectivity index (χ2v) is 10.0. The van der Waals surface area contributed by atoms with Crippen molar-refractivity contribution in [1.82, 2.24) is 4.98 Å². The molecule has 2 aromatic carbocycles. The number of aromatic nitrogens is 1. The van der Waals surface area contributed by atoms with E-state index in [4.69, 9.17) is 4.74 Å². The summed E-state index contributed by atoms with van der Waals surface area (Å²) in [6, 6.07) is 15.2. The highest BCUT2D eigenvalue weighted by atomic mass is 32.1. The van der Waals surface area contributed by atoms with E-state index >= 15 is 0 Å². The molecule has 174 valence electrons. The summed E-state index contributed by atoms with van der Waals surface area (Å²) >= 11 is 1.61. The van der Waals surface area contributed by atoms with Crippen LogP contribution in [0.15, 0.2) is 54.7 Å². The molecule has 3 rings (SSSR count). The van der Waals surface area contributed by atoms with E-state index in [2.05, 4.69) is 29.5 Å². The van der Waals surface area contributed by atoms with Crippen molar-refractivity contribution in [2.24, 2.45) is 5.41 Å². The molecule has 1 aromatic heterocycles. The molecule has 0 aliphatic rings. The maximum absolute atomic E-state index is 12.3. The Morgan fingerprint density at radius 3 is 2.12 bits per heavy atom. The van der Waals surface area contributed by atoms with Gasteiger partial charge in [0.2, 0.25) is 0 Å². The van der Waals surface area contributed by atoms with Gasteiger partial charge in [0.25, 0.3) is 0 Å². The second kappa shape index (κ2) is 10.6. The van der Waals surface area contributed by atoms with Crippen LogP contribution in [-0.4, -0.2) is 24.1 Å². The minimum absolute atomic E-state index is 0.209. The van der Waals surface area contributed by atoms with Gasteiger partial charge in [-0.05, 0) is 61.6 Å². The number of hydrogen-bond acceptors (Lipinski definition) is 5. The second-order valence-electron chi connectivity index (χ2n) is 8.93. The molecular formula is C26H31N3O3S. The van der Waals surface area contributed by atoms with E-state index in [1.54, 1.807) is 11.3 Å². The SMILES string of the molecule is COC(=O)C(C)(C)CCc1ncc(-c2ccc(NC(=O)Nc3ccc(C(C)C)cc3)cc2)s1. The Morgan fingerprint density at radius 2 is 1.58 bits per heavy atom. The predicted octanol–water partition coefficient (Wildman–Crippen LogP) is 6.71. The van der Waals surface area contributed by atoms with E-state index in [0.717, 1.165) is 21.1 Å². The highest BCUT2D eigenvalue weighted by Gasteiger charge is 2.28. The largest absolute Gasteiger partial charge is 0.469 e. The van der Waals surface area contributed by atoms with Crippen molar-refractivity contribution >= 4 is 34.7 Å². The van der Waals surface area contributed by atoms with Crippen LogP contribution in [0.1, 0.15) is 50.6 Å². The van der Waals surface area contributed by atoms with Gasteiger partial charge in [-0.3, -0.25) is 4.79 Å². The molecule has 0 unspecified atom stereocenters. The zero-order valence-electron chi connectivity index (χ0n) is 19.8. The molecule has 0 saturated carbocycles. The summed E-state index contributed by atoms with van der Waals surface area (Å²) in [5.41, 5.74) is 3.18. The summed E-state index contributed by atoms with van der Waals surface area (Å²) in [6.45, 7) is 8.04. The number of rotatable bonds is 8. The van der Waals surface area contributed by atoms with Crippen LogP contribution in [0, 0.1) is 5.41 Å². The van der Waals surface area contributed by atoms with E-state index < -0.39 is 5.41 Å². The van der Waals surface area contributed by atoms with E-state index in [1.165, 1.54) is 12.7 Å². The smallest absolute Gasteiger partial charge is 0.323 e. The fourth-order valence-electron chi connectivity index (χ4n) is 3.32. The van der Waals surface area contributed by atoms with Gasteiger partial charge in [-0.1, -0.05) is 38.1 Å². The quantitative estimate of drug-likeness (QED) is 0.362. The molecule has 0 spiro atoms. The van der Waals surface area contributed by atoms with Gasteiger partial charge in [0.05, 0.1) is 22.4 Å². The minimum Gasteiger partial charge on any atom is -0.469 e. The van der Waals surface area contributed by atoms with E-state index in [9.17, 15) is 9.59 Å². The molecule has 2 amide bonds.